The van der Waals surface area contributed by atoms with E-state index in [4.69, 9.17) is 15.7 Å². The number of nitrogens with one attached hydrogen (secondary N) is 1. The Kier molecular flexibility index (Phi) is 4.53. The number of hydrogen-bond donors (Lipinski definition) is 2. The summed E-state index contributed by atoms with van der Waals surface area (Å²) in [6, 6.07) is 7.15. The highest BCUT2D eigenvalue weighted by Gasteiger charge is 2.30. The van der Waals surface area contributed by atoms with Crippen molar-refractivity contribution in [2.24, 2.45) is 5.73 Å². The van der Waals surface area contributed by atoms with Crippen molar-refractivity contribution >= 4 is 27.5 Å². The normalized spacial score (nSPS) is 21.9. The monoisotopic (exact) mass is 323 g/mol. The number of carbonyl (C=O) groups excluding carboxylic acids is 1. The van der Waals surface area contributed by atoms with Crippen molar-refractivity contribution in [1.82, 2.24) is 0 Å². The number of nitrogens with zero attached hydrogens (tertiary/aromatic N) is 1. The summed E-state index contributed by atoms with van der Waals surface area (Å²) < 4.78 is 6.32. The molecular formula is C13H14BrN3O2. The number of halogens is 1. The Morgan fingerprint density at radius 1 is 1.58 bits per heavy atom. The van der Waals surface area contributed by atoms with E-state index in [1.807, 2.05) is 6.07 Å². The molecule has 1 heterocycles. The molecule has 6 heteroatoms. The summed E-state index contributed by atoms with van der Waals surface area (Å²) in [5, 5.41) is 11.7. The van der Waals surface area contributed by atoms with Gasteiger partial charge in [-0.05, 0) is 31.0 Å². The van der Waals surface area contributed by atoms with Crippen molar-refractivity contribution in [2.75, 3.05) is 11.9 Å². The molecule has 1 aliphatic heterocycles. The molecule has 1 fully saturated rings. The molecule has 2 unspecified atom stereocenters. The quantitative estimate of drug-likeness (QED) is 0.887. The molecule has 0 aliphatic carbocycles. The van der Waals surface area contributed by atoms with E-state index < -0.39 is 6.10 Å². The largest absolute Gasteiger partial charge is 0.364 e. The highest BCUT2D eigenvalue weighted by Crippen LogP contribution is 2.24. The van der Waals surface area contributed by atoms with E-state index in [9.17, 15) is 4.79 Å². The Balaban J connectivity index is 2.07. The zero-order valence-corrected chi connectivity index (χ0v) is 11.8. The van der Waals surface area contributed by atoms with Crippen LogP contribution in [0.4, 0.5) is 5.69 Å². The molecule has 1 saturated heterocycles. The molecule has 0 saturated carbocycles. The van der Waals surface area contributed by atoms with Gasteiger partial charge in [-0.3, -0.25) is 4.79 Å². The summed E-state index contributed by atoms with van der Waals surface area (Å²) in [7, 11) is 0. The average Bonchev–Trinajstić information content (AvgIpc) is 2.88. The molecule has 1 aliphatic rings. The number of benzene rings is 1. The molecule has 5 nitrogen and oxygen atoms in total. The van der Waals surface area contributed by atoms with E-state index in [1.54, 1.807) is 18.2 Å². The summed E-state index contributed by atoms with van der Waals surface area (Å²) in [6.45, 7) is 0.421. The van der Waals surface area contributed by atoms with Gasteiger partial charge in [0, 0.05) is 11.0 Å². The smallest absolute Gasteiger partial charge is 0.253 e. The van der Waals surface area contributed by atoms with Gasteiger partial charge in [-0.2, -0.15) is 5.26 Å². The fourth-order valence-corrected chi connectivity index (χ4v) is 2.36. The van der Waals surface area contributed by atoms with Gasteiger partial charge < -0.3 is 15.8 Å². The average molecular weight is 324 g/mol. The van der Waals surface area contributed by atoms with Crippen LogP contribution in [0.2, 0.25) is 0 Å². The Morgan fingerprint density at radius 2 is 2.37 bits per heavy atom. The van der Waals surface area contributed by atoms with Crippen LogP contribution >= 0.6 is 15.9 Å². The third kappa shape index (κ3) is 3.32. The van der Waals surface area contributed by atoms with Crippen molar-refractivity contribution < 1.29 is 9.53 Å². The predicted molar refractivity (Wildman–Crippen MR) is 74.4 cm³/mol. The van der Waals surface area contributed by atoms with Crippen LogP contribution in [-0.4, -0.2) is 24.7 Å². The Labute approximate surface area is 119 Å². The Hall–Kier alpha value is -1.42. The molecule has 1 aromatic carbocycles. The molecule has 100 valence electrons. The fourth-order valence-electron chi connectivity index (χ4n) is 2.00. The van der Waals surface area contributed by atoms with E-state index in [1.165, 1.54) is 0 Å². The van der Waals surface area contributed by atoms with Crippen LogP contribution in [0, 0.1) is 11.3 Å². The third-order valence-corrected chi connectivity index (χ3v) is 3.52. The predicted octanol–water partition coefficient (Wildman–Crippen LogP) is 1.77. The van der Waals surface area contributed by atoms with Gasteiger partial charge in [0.25, 0.3) is 5.91 Å². The number of amides is 1. The number of hydrogen-bond acceptors (Lipinski definition) is 4. The standard InChI is InChI=1S/C13H14BrN3O2/c14-9-2-1-8(6-15)11(5-9)17-13(18)12-4-3-10(7-16)19-12/h1-2,5,10,12H,3-4,7,16H2,(H,17,18). The van der Waals surface area contributed by atoms with Crippen molar-refractivity contribution in [3.05, 3.63) is 28.2 Å². The number of anilines is 1. The second-order valence-corrected chi connectivity index (χ2v) is 5.27. The van der Waals surface area contributed by atoms with Crippen LogP contribution in [0.25, 0.3) is 0 Å². The molecule has 1 amide bonds. The number of nitriles is 1. The zero-order chi connectivity index (χ0) is 13.8. The van der Waals surface area contributed by atoms with Gasteiger partial charge in [0.1, 0.15) is 12.2 Å². The fraction of sp³-hybridized carbons (Fsp3) is 0.385. The Bertz CT molecular complexity index is 527. The first-order chi connectivity index (χ1) is 9.13. The SMILES string of the molecule is N#Cc1ccc(Br)cc1NC(=O)C1CCC(CN)O1. The number of ether oxygens (including phenoxy) is 1. The number of carbonyl (C=O) groups is 1. The molecule has 2 rings (SSSR count). The maximum Gasteiger partial charge on any atom is 0.253 e. The third-order valence-electron chi connectivity index (χ3n) is 3.02. The lowest BCUT2D eigenvalue weighted by Crippen LogP contribution is -2.30. The first-order valence-electron chi connectivity index (χ1n) is 6.00. The van der Waals surface area contributed by atoms with Crippen LogP contribution < -0.4 is 11.1 Å². The maximum atomic E-state index is 12.1. The van der Waals surface area contributed by atoms with Gasteiger partial charge in [-0.15, -0.1) is 0 Å². The molecular weight excluding hydrogens is 310 g/mol. The summed E-state index contributed by atoms with van der Waals surface area (Å²) in [4.78, 5) is 12.1. The van der Waals surface area contributed by atoms with Crippen molar-refractivity contribution in [3.63, 3.8) is 0 Å². The molecule has 1 aromatic rings. The van der Waals surface area contributed by atoms with E-state index >= 15 is 0 Å². The minimum atomic E-state index is -0.487. The molecule has 0 radical (unpaired) electrons. The molecule has 0 aromatic heterocycles. The van der Waals surface area contributed by atoms with Gasteiger partial charge in [-0.25, -0.2) is 0 Å². The van der Waals surface area contributed by atoms with Gasteiger partial charge in [0.2, 0.25) is 0 Å². The molecule has 0 bridgehead atoms. The summed E-state index contributed by atoms with van der Waals surface area (Å²) in [6.07, 6.45) is 0.912. The summed E-state index contributed by atoms with van der Waals surface area (Å²) in [5.74, 6) is -0.231. The zero-order valence-electron chi connectivity index (χ0n) is 10.2. The Morgan fingerprint density at radius 3 is 3.00 bits per heavy atom. The van der Waals surface area contributed by atoms with Gasteiger partial charge in [-0.1, -0.05) is 15.9 Å². The van der Waals surface area contributed by atoms with Crippen LogP contribution in [0.1, 0.15) is 18.4 Å². The second-order valence-electron chi connectivity index (χ2n) is 4.35. The van der Waals surface area contributed by atoms with E-state index in [-0.39, 0.29) is 12.0 Å². The van der Waals surface area contributed by atoms with E-state index in [0.717, 1.165) is 10.9 Å². The lowest BCUT2D eigenvalue weighted by atomic mass is 10.1. The maximum absolute atomic E-state index is 12.1. The van der Waals surface area contributed by atoms with Crippen LogP contribution in [-0.2, 0) is 9.53 Å². The van der Waals surface area contributed by atoms with Crippen molar-refractivity contribution in [1.29, 1.82) is 5.26 Å². The first kappa shape index (κ1) is 14.0. The summed E-state index contributed by atoms with van der Waals surface area (Å²) >= 11 is 3.31. The van der Waals surface area contributed by atoms with Gasteiger partial charge in [0.15, 0.2) is 0 Å². The molecule has 19 heavy (non-hydrogen) atoms. The van der Waals surface area contributed by atoms with Gasteiger partial charge in [0.05, 0.1) is 17.4 Å². The minimum absolute atomic E-state index is 0.0475. The van der Waals surface area contributed by atoms with Crippen LogP contribution in [0.15, 0.2) is 22.7 Å². The molecule has 0 spiro atoms. The highest BCUT2D eigenvalue weighted by atomic mass is 79.9. The van der Waals surface area contributed by atoms with Crippen LogP contribution in [0.5, 0.6) is 0 Å². The lowest BCUT2D eigenvalue weighted by Gasteiger charge is -2.13. The van der Waals surface area contributed by atoms with Crippen molar-refractivity contribution in [2.45, 2.75) is 25.0 Å². The first-order valence-corrected chi connectivity index (χ1v) is 6.79. The number of nitrogens with two attached hydrogens (primary N) is 1. The summed E-state index contributed by atoms with van der Waals surface area (Å²) in [5.41, 5.74) is 6.42. The van der Waals surface area contributed by atoms with Crippen molar-refractivity contribution in [3.8, 4) is 6.07 Å². The minimum Gasteiger partial charge on any atom is -0.364 e. The molecule has 2 atom stereocenters. The second kappa shape index (κ2) is 6.15. The highest BCUT2D eigenvalue weighted by molar-refractivity contribution is 9.10. The van der Waals surface area contributed by atoms with E-state index in [2.05, 4.69) is 21.2 Å². The lowest BCUT2D eigenvalue weighted by molar-refractivity contribution is -0.126. The van der Waals surface area contributed by atoms with Crippen LogP contribution in [0.3, 0.4) is 0 Å². The topological polar surface area (TPSA) is 88.1 Å². The van der Waals surface area contributed by atoms with Gasteiger partial charge >= 0.3 is 0 Å². The molecule has 3 N–H and O–H groups in total. The number of rotatable bonds is 3. The van der Waals surface area contributed by atoms with E-state index in [0.29, 0.717) is 24.2 Å².